The lowest BCUT2D eigenvalue weighted by Crippen LogP contribution is -2.34. The van der Waals surface area contributed by atoms with Crippen molar-refractivity contribution in [3.63, 3.8) is 0 Å². The summed E-state index contributed by atoms with van der Waals surface area (Å²) in [6, 6.07) is 12.7. The second-order valence-corrected chi connectivity index (χ2v) is 6.36. The number of halogens is 1. The van der Waals surface area contributed by atoms with Crippen LogP contribution in [0.2, 0.25) is 5.02 Å². The molecule has 1 atom stereocenters. The van der Waals surface area contributed by atoms with Gasteiger partial charge in [-0.3, -0.25) is 4.79 Å². The molecule has 0 aliphatic carbocycles. The highest BCUT2D eigenvalue weighted by atomic mass is 35.5. The van der Waals surface area contributed by atoms with Crippen LogP contribution in [0, 0.1) is 6.92 Å². The average molecular weight is 356 g/mol. The number of hydrogen-bond donors (Lipinski definition) is 1. The standard InChI is InChI=1S/C19H18ClN3O2/c1-12(9-15-11-25-23-13(15)2)21-19(24)18-8-4-7-17(22-18)14-5-3-6-16(20)10-14/h3-8,10-12H,9H2,1-2H3,(H,21,24). The molecule has 0 spiro atoms. The number of aromatic nitrogens is 2. The molecule has 3 aromatic rings. The molecule has 0 aliphatic heterocycles. The van der Waals surface area contributed by atoms with Crippen LogP contribution >= 0.6 is 11.6 Å². The smallest absolute Gasteiger partial charge is 0.270 e. The fraction of sp³-hybridized carbons (Fsp3) is 0.211. The van der Waals surface area contributed by atoms with Gasteiger partial charge < -0.3 is 9.84 Å². The Bertz CT molecular complexity index is 892. The lowest BCUT2D eigenvalue weighted by molar-refractivity contribution is 0.0935. The molecular weight excluding hydrogens is 338 g/mol. The van der Waals surface area contributed by atoms with Gasteiger partial charge in [-0.15, -0.1) is 0 Å². The molecule has 1 N–H and O–H groups in total. The van der Waals surface area contributed by atoms with Gasteiger partial charge in [-0.2, -0.15) is 0 Å². The summed E-state index contributed by atoms with van der Waals surface area (Å²) in [6.45, 7) is 3.81. The van der Waals surface area contributed by atoms with Crippen molar-refractivity contribution in [3.8, 4) is 11.3 Å². The topological polar surface area (TPSA) is 68.0 Å². The SMILES string of the molecule is Cc1nocc1CC(C)NC(=O)c1cccc(-c2cccc(Cl)c2)n1. The maximum Gasteiger partial charge on any atom is 0.270 e. The monoisotopic (exact) mass is 355 g/mol. The summed E-state index contributed by atoms with van der Waals surface area (Å²) in [5, 5.41) is 7.43. The third kappa shape index (κ3) is 4.25. The summed E-state index contributed by atoms with van der Waals surface area (Å²) >= 11 is 6.03. The maximum atomic E-state index is 12.5. The molecule has 1 aromatic carbocycles. The second-order valence-electron chi connectivity index (χ2n) is 5.92. The highest BCUT2D eigenvalue weighted by molar-refractivity contribution is 6.30. The van der Waals surface area contributed by atoms with E-state index in [-0.39, 0.29) is 11.9 Å². The molecule has 6 heteroatoms. The van der Waals surface area contributed by atoms with Gasteiger partial charge in [0.1, 0.15) is 12.0 Å². The summed E-state index contributed by atoms with van der Waals surface area (Å²) in [5.41, 5.74) is 3.76. The minimum Gasteiger partial charge on any atom is -0.364 e. The van der Waals surface area contributed by atoms with Crippen molar-refractivity contribution in [1.29, 1.82) is 0 Å². The van der Waals surface area contributed by atoms with E-state index in [1.54, 1.807) is 18.4 Å². The van der Waals surface area contributed by atoms with E-state index in [2.05, 4.69) is 15.5 Å². The number of hydrogen-bond acceptors (Lipinski definition) is 4. The van der Waals surface area contributed by atoms with Crippen LogP contribution in [-0.4, -0.2) is 22.1 Å². The van der Waals surface area contributed by atoms with Gasteiger partial charge in [0.05, 0.1) is 11.4 Å². The molecule has 128 valence electrons. The second kappa shape index (κ2) is 7.49. The van der Waals surface area contributed by atoms with Crippen LogP contribution in [0.1, 0.15) is 28.7 Å². The predicted molar refractivity (Wildman–Crippen MR) is 96.6 cm³/mol. The summed E-state index contributed by atoms with van der Waals surface area (Å²) in [5.74, 6) is -0.217. The van der Waals surface area contributed by atoms with E-state index in [1.807, 2.05) is 44.2 Å². The van der Waals surface area contributed by atoms with Crippen LogP contribution in [0.3, 0.4) is 0 Å². The fourth-order valence-corrected chi connectivity index (χ4v) is 2.75. The lowest BCUT2D eigenvalue weighted by atomic mass is 10.1. The minimum atomic E-state index is -0.217. The molecule has 0 fully saturated rings. The van der Waals surface area contributed by atoms with E-state index in [0.717, 1.165) is 16.8 Å². The third-order valence-electron chi connectivity index (χ3n) is 3.86. The first-order valence-corrected chi connectivity index (χ1v) is 8.34. The van der Waals surface area contributed by atoms with E-state index >= 15 is 0 Å². The number of benzene rings is 1. The molecular formula is C19H18ClN3O2. The summed E-state index contributed by atoms with van der Waals surface area (Å²) in [4.78, 5) is 16.9. The average Bonchev–Trinajstić information content (AvgIpc) is 2.99. The number of amides is 1. The van der Waals surface area contributed by atoms with Crippen molar-refractivity contribution < 1.29 is 9.32 Å². The number of carbonyl (C=O) groups is 1. The number of pyridine rings is 1. The molecule has 5 nitrogen and oxygen atoms in total. The summed E-state index contributed by atoms with van der Waals surface area (Å²) < 4.78 is 4.92. The Morgan fingerprint density at radius 1 is 1.28 bits per heavy atom. The number of rotatable bonds is 5. The van der Waals surface area contributed by atoms with Crippen molar-refractivity contribution in [3.05, 3.63) is 70.7 Å². The molecule has 2 heterocycles. The van der Waals surface area contributed by atoms with Gasteiger partial charge in [0.2, 0.25) is 0 Å². The number of nitrogens with one attached hydrogen (secondary N) is 1. The number of aryl methyl sites for hydroxylation is 1. The van der Waals surface area contributed by atoms with Crippen molar-refractivity contribution in [2.75, 3.05) is 0 Å². The van der Waals surface area contributed by atoms with E-state index in [9.17, 15) is 4.79 Å². The van der Waals surface area contributed by atoms with Gasteiger partial charge in [0, 0.05) is 22.2 Å². The van der Waals surface area contributed by atoms with Crippen molar-refractivity contribution >= 4 is 17.5 Å². The molecule has 2 aromatic heterocycles. The normalized spacial score (nSPS) is 12.0. The van der Waals surface area contributed by atoms with Gasteiger partial charge in [0.25, 0.3) is 5.91 Å². The van der Waals surface area contributed by atoms with Gasteiger partial charge in [0.15, 0.2) is 0 Å². The van der Waals surface area contributed by atoms with E-state index in [0.29, 0.717) is 22.8 Å². The Morgan fingerprint density at radius 3 is 2.80 bits per heavy atom. The first kappa shape index (κ1) is 17.2. The highest BCUT2D eigenvalue weighted by Crippen LogP contribution is 2.21. The Balaban J connectivity index is 1.72. The van der Waals surface area contributed by atoms with Gasteiger partial charge in [-0.05, 0) is 44.5 Å². The molecule has 1 amide bonds. The van der Waals surface area contributed by atoms with Crippen LogP contribution in [0.15, 0.2) is 53.3 Å². The predicted octanol–water partition coefficient (Wildman–Crippen LogP) is 4.06. The molecule has 0 aliphatic rings. The van der Waals surface area contributed by atoms with Crippen LogP contribution in [-0.2, 0) is 6.42 Å². The van der Waals surface area contributed by atoms with Crippen molar-refractivity contribution in [2.45, 2.75) is 26.3 Å². The van der Waals surface area contributed by atoms with Crippen molar-refractivity contribution in [1.82, 2.24) is 15.5 Å². The molecule has 0 bridgehead atoms. The van der Waals surface area contributed by atoms with E-state index in [1.165, 1.54) is 0 Å². The zero-order chi connectivity index (χ0) is 17.8. The van der Waals surface area contributed by atoms with Crippen LogP contribution in [0.25, 0.3) is 11.3 Å². The first-order valence-electron chi connectivity index (χ1n) is 7.96. The zero-order valence-electron chi connectivity index (χ0n) is 14.0. The Hall–Kier alpha value is -2.66. The van der Waals surface area contributed by atoms with E-state index in [4.69, 9.17) is 16.1 Å². The molecule has 25 heavy (non-hydrogen) atoms. The fourth-order valence-electron chi connectivity index (χ4n) is 2.56. The Kier molecular flexibility index (Phi) is 5.14. The summed E-state index contributed by atoms with van der Waals surface area (Å²) in [6.07, 6.45) is 2.26. The summed E-state index contributed by atoms with van der Waals surface area (Å²) in [7, 11) is 0. The van der Waals surface area contributed by atoms with Crippen LogP contribution < -0.4 is 5.32 Å². The first-order chi connectivity index (χ1) is 12.0. The quantitative estimate of drug-likeness (QED) is 0.749. The van der Waals surface area contributed by atoms with Crippen LogP contribution in [0.5, 0.6) is 0 Å². The molecule has 3 rings (SSSR count). The largest absolute Gasteiger partial charge is 0.364 e. The molecule has 1 unspecified atom stereocenters. The highest BCUT2D eigenvalue weighted by Gasteiger charge is 2.14. The molecule has 0 saturated heterocycles. The third-order valence-corrected chi connectivity index (χ3v) is 4.09. The van der Waals surface area contributed by atoms with E-state index < -0.39 is 0 Å². The Labute approximate surface area is 151 Å². The van der Waals surface area contributed by atoms with Gasteiger partial charge >= 0.3 is 0 Å². The lowest BCUT2D eigenvalue weighted by Gasteiger charge is -2.13. The Morgan fingerprint density at radius 2 is 2.08 bits per heavy atom. The maximum absolute atomic E-state index is 12.5. The molecule has 0 radical (unpaired) electrons. The number of nitrogens with zero attached hydrogens (tertiary/aromatic N) is 2. The molecule has 0 saturated carbocycles. The van der Waals surface area contributed by atoms with Gasteiger partial charge in [-0.1, -0.05) is 35.0 Å². The van der Waals surface area contributed by atoms with Crippen LogP contribution in [0.4, 0.5) is 0 Å². The van der Waals surface area contributed by atoms with Gasteiger partial charge in [-0.25, -0.2) is 4.98 Å². The zero-order valence-corrected chi connectivity index (χ0v) is 14.7. The van der Waals surface area contributed by atoms with Crippen molar-refractivity contribution in [2.24, 2.45) is 0 Å². The minimum absolute atomic E-state index is 0.0674. The number of carbonyl (C=O) groups excluding carboxylic acids is 1.